The van der Waals surface area contributed by atoms with Gasteiger partial charge in [-0.2, -0.15) is 0 Å². The highest BCUT2D eigenvalue weighted by Crippen LogP contribution is 2.43. The highest BCUT2D eigenvalue weighted by atomic mass is 31.2. The standard InChI is InChI=1S/C62H123N2O6P/c1-6-8-10-12-14-16-18-20-22-24-26-28-30-32-34-36-38-40-42-44-46-48-50-52-54-56-62(66)63-60(59-70-71(67,68)69-58-57-64(3,4)5)61(65)55-53-51-49-47-45-43-41-39-37-35-33-31-29-27-25-23-21-19-17-15-13-11-9-7-2/h32,34,53,55,60-61,65H,6-31,33,35-52,54,56-59H2,1-5H3,(H-,63,66,67,68)/p+1/b34-32-,55-53+. The lowest BCUT2D eigenvalue weighted by atomic mass is 10.0. The number of phosphoric acid groups is 1. The summed E-state index contributed by atoms with van der Waals surface area (Å²) in [5.41, 5.74) is 0. The van der Waals surface area contributed by atoms with Gasteiger partial charge in [0.1, 0.15) is 13.2 Å². The van der Waals surface area contributed by atoms with E-state index in [1.165, 1.54) is 263 Å². The van der Waals surface area contributed by atoms with Crippen LogP contribution in [0.15, 0.2) is 24.3 Å². The van der Waals surface area contributed by atoms with Gasteiger partial charge in [-0.1, -0.05) is 289 Å². The smallest absolute Gasteiger partial charge is 0.387 e. The number of unbranched alkanes of at least 4 members (excludes halogenated alkanes) is 43. The molecule has 0 spiro atoms. The molecule has 9 heteroatoms. The van der Waals surface area contributed by atoms with Crippen LogP contribution in [0.1, 0.15) is 316 Å². The number of phosphoric ester groups is 1. The number of carbonyl (C=O) groups is 1. The number of aliphatic hydroxyl groups is 1. The molecule has 3 N–H and O–H groups in total. The predicted molar refractivity (Wildman–Crippen MR) is 309 cm³/mol. The zero-order valence-electron chi connectivity index (χ0n) is 48.2. The summed E-state index contributed by atoms with van der Waals surface area (Å²) in [4.78, 5) is 23.3. The Morgan fingerprint density at radius 3 is 1.08 bits per heavy atom. The Labute approximate surface area is 443 Å². The van der Waals surface area contributed by atoms with E-state index in [1.807, 2.05) is 27.2 Å². The zero-order valence-corrected chi connectivity index (χ0v) is 49.1. The summed E-state index contributed by atoms with van der Waals surface area (Å²) < 4.78 is 23.8. The van der Waals surface area contributed by atoms with Gasteiger partial charge in [-0.3, -0.25) is 13.8 Å². The summed E-state index contributed by atoms with van der Waals surface area (Å²) in [6.07, 6.45) is 68.6. The van der Waals surface area contributed by atoms with E-state index in [9.17, 15) is 19.4 Å². The van der Waals surface area contributed by atoms with Crippen LogP contribution in [0.25, 0.3) is 0 Å². The van der Waals surface area contributed by atoms with Crippen LogP contribution in [-0.2, 0) is 18.4 Å². The molecular formula is C62H124N2O6P+. The van der Waals surface area contributed by atoms with E-state index < -0.39 is 20.0 Å². The van der Waals surface area contributed by atoms with Crippen LogP contribution in [0.2, 0.25) is 0 Å². The third-order valence-electron chi connectivity index (χ3n) is 14.4. The van der Waals surface area contributed by atoms with E-state index in [0.717, 1.165) is 32.1 Å². The van der Waals surface area contributed by atoms with Gasteiger partial charge in [0.05, 0.1) is 39.9 Å². The molecule has 0 aromatic rings. The molecule has 71 heavy (non-hydrogen) atoms. The minimum atomic E-state index is -4.35. The molecule has 422 valence electrons. The van der Waals surface area contributed by atoms with Crippen LogP contribution < -0.4 is 5.32 Å². The van der Waals surface area contributed by atoms with E-state index in [2.05, 4.69) is 31.3 Å². The van der Waals surface area contributed by atoms with Crippen molar-refractivity contribution in [3.63, 3.8) is 0 Å². The Morgan fingerprint density at radius 2 is 0.761 bits per heavy atom. The van der Waals surface area contributed by atoms with E-state index >= 15 is 0 Å². The molecule has 8 nitrogen and oxygen atoms in total. The van der Waals surface area contributed by atoms with E-state index in [4.69, 9.17) is 9.05 Å². The fourth-order valence-corrected chi connectivity index (χ4v) is 10.2. The van der Waals surface area contributed by atoms with Gasteiger partial charge in [0, 0.05) is 6.42 Å². The fourth-order valence-electron chi connectivity index (χ4n) is 9.51. The normalized spacial score (nSPS) is 14.0. The molecule has 0 saturated heterocycles. The largest absolute Gasteiger partial charge is 0.472 e. The molecule has 0 heterocycles. The molecule has 3 atom stereocenters. The Balaban J connectivity index is 4.15. The van der Waals surface area contributed by atoms with Gasteiger partial charge < -0.3 is 19.8 Å². The number of nitrogens with one attached hydrogen (secondary N) is 1. The monoisotopic (exact) mass is 1020 g/mol. The number of hydrogen-bond donors (Lipinski definition) is 3. The zero-order chi connectivity index (χ0) is 52.0. The van der Waals surface area contributed by atoms with Crippen LogP contribution in [0, 0.1) is 0 Å². The average molecular weight is 1020 g/mol. The summed E-state index contributed by atoms with van der Waals surface area (Å²) in [6, 6.07) is -0.847. The number of aliphatic hydroxyl groups excluding tert-OH is 1. The first-order chi connectivity index (χ1) is 34.5. The topological polar surface area (TPSA) is 105 Å². The molecule has 0 aliphatic rings. The van der Waals surface area contributed by atoms with Gasteiger partial charge in [0.25, 0.3) is 0 Å². The Bertz CT molecular complexity index is 1210. The fraction of sp³-hybridized carbons (Fsp3) is 0.919. The van der Waals surface area contributed by atoms with Crippen LogP contribution in [-0.4, -0.2) is 73.4 Å². The number of carbonyl (C=O) groups excluding carboxylic acids is 1. The predicted octanol–water partition coefficient (Wildman–Crippen LogP) is 19.2. The average Bonchev–Trinajstić information content (AvgIpc) is 3.33. The molecule has 0 saturated carbocycles. The van der Waals surface area contributed by atoms with Crippen molar-refractivity contribution < 1.29 is 32.9 Å². The maximum atomic E-state index is 13.0. The highest BCUT2D eigenvalue weighted by molar-refractivity contribution is 7.47. The maximum absolute atomic E-state index is 13.0. The molecule has 1 amide bonds. The molecule has 3 unspecified atom stereocenters. The van der Waals surface area contributed by atoms with Crippen LogP contribution in [0.5, 0.6) is 0 Å². The molecule has 0 radical (unpaired) electrons. The number of rotatable bonds is 58. The van der Waals surface area contributed by atoms with Gasteiger partial charge >= 0.3 is 7.82 Å². The van der Waals surface area contributed by atoms with Crippen molar-refractivity contribution in [2.75, 3.05) is 40.9 Å². The lowest BCUT2D eigenvalue weighted by molar-refractivity contribution is -0.870. The molecule has 0 rings (SSSR count). The van der Waals surface area contributed by atoms with Crippen molar-refractivity contribution in [1.82, 2.24) is 5.32 Å². The van der Waals surface area contributed by atoms with Crippen molar-refractivity contribution in [1.29, 1.82) is 0 Å². The second-order valence-electron chi connectivity index (χ2n) is 22.8. The van der Waals surface area contributed by atoms with Gasteiger partial charge in [0.15, 0.2) is 0 Å². The second-order valence-corrected chi connectivity index (χ2v) is 24.2. The summed E-state index contributed by atoms with van der Waals surface area (Å²) >= 11 is 0. The summed E-state index contributed by atoms with van der Waals surface area (Å²) in [7, 11) is 1.58. The third kappa shape index (κ3) is 56.5. The highest BCUT2D eigenvalue weighted by Gasteiger charge is 2.27. The Hall–Kier alpha value is -1.02. The van der Waals surface area contributed by atoms with Crippen molar-refractivity contribution in [3.05, 3.63) is 24.3 Å². The number of nitrogens with zero attached hydrogens (tertiary/aromatic N) is 1. The molecule has 0 aromatic carbocycles. The number of allylic oxidation sites excluding steroid dienone is 3. The van der Waals surface area contributed by atoms with Crippen LogP contribution in [0.3, 0.4) is 0 Å². The second kappa shape index (κ2) is 53.8. The van der Waals surface area contributed by atoms with Crippen molar-refractivity contribution >= 4 is 13.7 Å². The van der Waals surface area contributed by atoms with Gasteiger partial charge in [-0.25, -0.2) is 4.57 Å². The first-order valence-corrected chi connectivity index (χ1v) is 32.7. The molecule has 0 aliphatic carbocycles. The SMILES string of the molecule is CCCCCCCCCCCCCC/C=C\CCCCCCCCCCCC(=O)NC(COP(=O)(O)OCC[N+](C)(C)C)C(O)/C=C/CCCCCCCCCCCCCCCCCCCCCCCC. The lowest BCUT2D eigenvalue weighted by Gasteiger charge is -2.25. The summed E-state index contributed by atoms with van der Waals surface area (Å²) in [6.45, 7) is 4.87. The van der Waals surface area contributed by atoms with Gasteiger partial charge in [0.2, 0.25) is 5.91 Å². The van der Waals surface area contributed by atoms with Crippen molar-refractivity contribution in [2.24, 2.45) is 0 Å². The van der Waals surface area contributed by atoms with Crippen molar-refractivity contribution in [2.45, 2.75) is 328 Å². The van der Waals surface area contributed by atoms with Crippen molar-refractivity contribution in [3.8, 4) is 0 Å². The Kier molecular flexibility index (Phi) is 53.0. The van der Waals surface area contributed by atoms with E-state index in [0.29, 0.717) is 17.4 Å². The molecular weight excluding hydrogens is 900 g/mol. The number of quaternary nitrogens is 1. The quantitative estimate of drug-likeness (QED) is 0.0243. The Morgan fingerprint density at radius 1 is 0.465 bits per heavy atom. The van der Waals surface area contributed by atoms with E-state index in [1.54, 1.807) is 6.08 Å². The lowest BCUT2D eigenvalue weighted by Crippen LogP contribution is -2.45. The molecule has 0 aliphatic heterocycles. The summed E-state index contributed by atoms with van der Waals surface area (Å²) in [5, 5.41) is 14.0. The minimum absolute atomic E-state index is 0.0630. The summed E-state index contributed by atoms with van der Waals surface area (Å²) in [5.74, 6) is -0.174. The number of amides is 1. The van der Waals surface area contributed by atoms with Crippen LogP contribution >= 0.6 is 7.82 Å². The van der Waals surface area contributed by atoms with Crippen LogP contribution in [0.4, 0.5) is 0 Å². The molecule has 0 fully saturated rings. The van der Waals surface area contributed by atoms with Gasteiger partial charge in [-0.05, 0) is 44.9 Å². The van der Waals surface area contributed by atoms with E-state index in [-0.39, 0.29) is 19.1 Å². The maximum Gasteiger partial charge on any atom is 0.472 e. The minimum Gasteiger partial charge on any atom is -0.387 e. The first kappa shape index (κ1) is 70.0. The first-order valence-electron chi connectivity index (χ1n) is 31.2. The van der Waals surface area contributed by atoms with Gasteiger partial charge in [-0.15, -0.1) is 0 Å². The molecule has 0 aromatic heterocycles. The third-order valence-corrected chi connectivity index (χ3v) is 15.4. The molecule has 0 bridgehead atoms. The number of likely N-dealkylation sites (N-methyl/N-ethyl adjacent to an activating group) is 1. The number of hydrogen-bond acceptors (Lipinski definition) is 5.